The van der Waals surface area contributed by atoms with Crippen LogP contribution in [0.15, 0.2) is 39.6 Å². The van der Waals surface area contributed by atoms with Gasteiger partial charge < -0.3 is 13.3 Å². The molecule has 0 saturated heterocycles. The highest BCUT2D eigenvalue weighted by atomic mass is 32.2. The van der Waals surface area contributed by atoms with Crippen molar-refractivity contribution in [2.75, 3.05) is 7.11 Å². The van der Waals surface area contributed by atoms with Crippen LogP contribution in [-0.2, 0) is 10.1 Å². The zero-order chi connectivity index (χ0) is 25.7. The number of furan rings is 1. The number of ether oxygens (including phenoxy) is 1. The van der Waals surface area contributed by atoms with E-state index in [2.05, 4.69) is 23.8 Å². The average Bonchev–Trinajstić information content (AvgIpc) is 3.15. The minimum Gasteiger partial charge on any atom is -0.497 e. The maximum atomic E-state index is 13.9. The molecule has 4 rings (SSSR count). The molecule has 0 N–H and O–H groups in total. The van der Waals surface area contributed by atoms with Gasteiger partial charge in [0, 0.05) is 11.5 Å². The van der Waals surface area contributed by atoms with Crippen molar-refractivity contribution in [3.8, 4) is 11.6 Å². The number of hydrogen-bond acceptors (Lipinski definition) is 7. The molecule has 0 aliphatic carbocycles. The quantitative estimate of drug-likeness (QED) is 0.259. The first-order valence-corrected chi connectivity index (χ1v) is 13.2. The number of methoxy groups -OCH3 is 1. The molecule has 0 saturated carbocycles. The van der Waals surface area contributed by atoms with E-state index in [4.69, 9.17) is 13.3 Å². The summed E-state index contributed by atoms with van der Waals surface area (Å²) in [7, 11) is -2.67. The van der Waals surface area contributed by atoms with E-state index in [1.165, 1.54) is 0 Å². The predicted octanol–water partition coefficient (Wildman–Crippen LogP) is 6.83. The fourth-order valence-corrected chi connectivity index (χ4v) is 5.78. The van der Waals surface area contributed by atoms with Crippen molar-refractivity contribution in [2.45, 2.75) is 71.1 Å². The van der Waals surface area contributed by atoms with Crippen molar-refractivity contribution in [1.29, 1.82) is 0 Å². The molecule has 8 heteroatoms. The number of benzene rings is 2. The lowest BCUT2D eigenvalue weighted by atomic mass is 9.89. The third-order valence-corrected chi connectivity index (χ3v) is 7.47. The second kappa shape index (κ2) is 9.15. The van der Waals surface area contributed by atoms with Crippen LogP contribution in [0.2, 0.25) is 0 Å². The summed E-state index contributed by atoms with van der Waals surface area (Å²) in [6.07, 6.45) is 0. The molecule has 0 fully saturated rings. The summed E-state index contributed by atoms with van der Waals surface area (Å²) < 4.78 is 44.7. The standard InChI is InChI=1S/C27H32N2O5S/c1-14(2)18-11-21(15(3)4)26(22(12-18)16(5)6)35(30,31)34-27-25-24(28-17(7)29-27)20-10-9-19(32-8)13-23(20)33-25/h9-16H,1-8H3. The fraction of sp³-hybridized carbons (Fsp3) is 0.407. The van der Waals surface area contributed by atoms with E-state index >= 15 is 0 Å². The number of hydrogen-bond donors (Lipinski definition) is 0. The maximum Gasteiger partial charge on any atom is 0.341 e. The lowest BCUT2D eigenvalue weighted by Crippen LogP contribution is -2.18. The van der Waals surface area contributed by atoms with E-state index in [0.717, 1.165) is 22.1 Å². The molecule has 0 radical (unpaired) electrons. The van der Waals surface area contributed by atoms with Gasteiger partial charge >= 0.3 is 10.1 Å². The molecule has 4 aromatic rings. The van der Waals surface area contributed by atoms with Gasteiger partial charge in [0.1, 0.15) is 27.6 Å². The highest BCUT2D eigenvalue weighted by molar-refractivity contribution is 7.87. The van der Waals surface area contributed by atoms with Gasteiger partial charge in [0.05, 0.1) is 7.11 Å². The highest BCUT2D eigenvalue weighted by Crippen LogP contribution is 2.39. The van der Waals surface area contributed by atoms with E-state index in [-0.39, 0.29) is 34.1 Å². The molecule has 7 nitrogen and oxygen atoms in total. The molecule has 2 aromatic carbocycles. The van der Waals surface area contributed by atoms with Gasteiger partial charge in [-0.1, -0.05) is 53.7 Å². The Morgan fingerprint density at radius 1 is 0.886 bits per heavy atom. The predicted molar refractivity (Wildman–Crippen MR) is 137 cm³/mol. The molecular weight excluding hydrogens is 464 g/mol. The number of aromatic nitrogens is 2. The van der Waals surface area contributed by atoms with E-state index in [0.29, 0.717) is 22.7 Å². The van der Waals surface area contributed by atoms with Gasteiger partial charge in [-0.25, -0.2) is 4.98 Å². The van der Waals surface area contributed by atoms with Crippen LogP contribution in [0.3, 0.4) is 0 Å². The Labute approximate surface area is 206 Å². The Morgan fingerprint density at radius 2 is 1.51 bits per heavy atom. The summed E-state index contributed by atoms with van der Waals surface area (Å²) in [5.41, 5.74) is 3.74. The SMILES string of the molecule is COc1ccc2c(c1)oc1c(OS(=O)(=O)c3c(C(C)C)cc(C(C)C)cc3C(C)C)nc(C)nc12. The van der Waals surface area contributed by atoms with Crippen molar-refractivity contribution in [2.24, 2.45) is 0 Å². The topological polar surface area (TPSA) is 91.5 Å². The van der Waals surface area contributed by atoms with E-state index in [1.807, 2.05) is 45.9 Å². The van der Waals surface area contributed by atoms with Gasteiger partial charge in [-0.05, 0) is 53.5 Å². The Morgan fingerprint density at radius 3 is 2.06 bits per heavy atom. The van der Waals surface area contributed by atoms with Gasteiger partial charge in [-0.15, -0.1) is 0 Å². The summed E-state index contributed by atoms with van der Waals surface area (Å²) in [6.45, 7) is 13.9. The first kappa shape index (κ1) is 25.0. The number of aryl methyl sites for hydroxylation is 1. The van der Waals surface area contributed by atoms with Gasteiger partial charge in [-0.2, -0.15) is 13.4 Å². The van der Waals surface area contributed by atoms with Crippen LogP contribution in [0.25, 0.3) is 22.1 Å². The molecule has 0 unspecified atom stereocenters. The third-order valence-electron chi connectivity index (χ3n) is 6.12. The third kappa shape index (κ3) is 4.59. The molecule has 2 heterocycles. The fourth-order valence-electron chi connectivity index (χ4n) is 4.21. The van der Waals surface area contributed by atoms with Gasteiger partial charge in [-0.3, -0.25) is 0 Å². The summed E-state index contributed by atoms with van der Waals surface area (Å²) in [5.74, 6) is 1.09. The second-order valence-electron chi connectivity index (χ2n) is 9.75. The smallest absolute Gasteiger partial charge is 0.341 e. The van der Waals surface area contributed by atoms with Crippen LogP contribution in [0.4, 0.5) is 0 Å². The number of rotatable bonds is 7. The minimum atomic E-state index is -4.24. The zero-order valence-corrected chi connectivity index (χ0v) is 22.3. The van der Waals surface area contributed by atoms with Gasteiger partial charge in [0.25, 0.3) is 5.88 Å². The normalized spacial score (nSPS) is 12.4. The van der Waals surface area contributed by atoms with Gasteiger partial charge in [0.15, 0.2) is 0 Å². The first-order chi connectivity index (χ1) is 16.4. The zero-order valence-electron chi connectivity index (χ0n) is 21.5. The molecule has 0 atom stereocenters. The van der Waals surface area contributed by atoms with Crippen molar-refractivity contribution < 1.29 is 21.8 Å². The molecule has 0 amide bonds. The summed E-state index contributed by atoms with van der Waals surface area (Å²) in [6, 6.07) is 9.30. The van der Waals surface area contributed by atoms with Crippen molar-refractivity contribution in [1.82, 2.24) is 9.97 Å². The van der Waals surface area contributed by atoms with E-state index < -0.39 is 10.1 Å². The largest absolute Gasteiger partial charge is 0.497 e. The molecule has 186 valence electrons. The second-order valence-corrected chi connectivity index (χ2v) is 11.2. The van der Waals surface area contributed by atoms with Crippen LogP contribution < -0.4 is 8.92 Å². The Kier molecular flexibility index (Phi) is 6.53. The van der Waals surface area contributed by atoms with E-state index in [1.54, 1.807) is 26.2 Å². The van der Waals surface area contributed by atoms with Crippen molar-refractivity contribution >= 4 is 32.2 Å². The highest BCUT2D eigenvalue weighted by Gasteiger charge is 2.31. The average molecular weight is 497 g/mol. The Bertz CT molecular complexity index is 1490. The summed E-state index contributed by atoms with van der Waals surface area (Å²) in [4.78, 5) is 8.99. The number of nitrogens with zero attached hydrogens (tertiary/aromatic N) is 2. The van der Waals surface area contributed by atoms with Crippen LogP contribution in [-0.4, -0.2) is 25.5 Å². The van der Waals surface area contributed by atoms with Gasteiger partial charge in [0.2, 0.25) is 5.58 Å². The maximum absolute atomic E-state index is 13.9. The molecule has 0 spiro atoms. The Hall–Kier alpha value is -3.13. The molecule has 0 aliphatic heterocycles. The summed E-state index contributed by atoms with van der Waals surface area (Å²) >= 11 is 0. The Balaban J connectivity index is 1.93. The monoisotopic (exact) mass is 496 g/mol. The molecule has 35 heavy (non-hydrogen) atoms. The molecule has 2 aromatic heterocycles. The molecular formula is C27H32N2O5S. The van der Waals surface area contributed by atoms with Crippen LogP contribution in [0, 0.1) is 6.92 Å². The van der Waals surface area contributed by atoms with Crippen LogP contribution >= 0.6 is 0 Å². The van der Waals surface area contributed by atoms with Crippen molar-refractivity contribution in [3.05, 3.63) is 52.8 Å². The lowest BCUT2D eigenvalue weighted by molar-refractivity contribution is 0.414. The van der Waals surface area contributed by atoms with Crippen LogP contribution in [0.1, 0.15) is 81.8 Å². The van der Waals surface area contributed by atoms with E-state index in [9.17, 15) is 8.42 Å². The molecule has 0 aliphatic rings. The van der Waals surface area contributed by atoms with Crippen molar-refractivity contribution in [3.63, 3.8) is 0 Å². The minimum absolute atomic E-state index is 0.0228. The first-order valence-electron chi connectivity index (χ1n) is 11.8. The summed E-state index contributed by atoms with van der Waals surface area (Å²) in [5, 5.41) is 0.723. The molecule has 0 bridgehead atoms. The lowest BCUT2D eigenvalue weighted by Gasteiger charge is -2.22. The van der Waals surface area contributed by atoms with Crippen LogP contribution in [0.5, 0.6) is 11.6 Å². The number of fused-ring (bicyclic) bond motifs is 3.